The van der Waals surface area contributed by atoms with Crippen LogP contribution in [0.15, 0.2) is 59.5 Å². The third-order valence-corrected chi connectivity index (χ3v) is 5.02. The first-order valence-electron chi connectivity index (χ1n) is 9.73. The number of ether oxygens (including phenoxy) is 1. The predicted molar refractivity (Wildman–Crippen MR) is 106 cm³/mol. The fourth-order valence-corrected chi connectivity index (χ4v) is 3.56. The molecule has 0 unspecified atom stereocenters. The second-order valence-electron chi connectivity index (χ2n) is 7.09. The van der Waals surface area contributed by atoms with Crippen molar-refractivity contribution in [1.82, 2.24) is 15.5 Å². The first-order chi connectivity index (χ1) is 13.8. The maximum Gasteiger partial charge on any atom is 0.412 e. The minimum atomic E-state index is -0.391. The van der Waals surface area contributed by atoms with Crippen molar-refractivity contribution < 1.29 is 14.1 Å². The molecule has 4 rings (SSSR count). The van der Waals surface area contributed by atoms with Gasteiger partial charge in [-0.1, -0.05) is 43.0 Å². The largest absolute Gasteiger partial charge is 0.412 e. The van der Waals surface area contributed by atoms with Crippen LogP contribution in [0.2, 0.25) is 0 Å². The van der Waals surface area contributed by atoms with Gasteiger partial charge in [-0.05, 0) is 36.6 Å². The van der Waals surface area contributed by atoms with Crippen molar-refractivity contribution in [3.63, 3.8) is 0 Å². The molecule has 1 fully saturated rings. The van der Waals surface area contributed by atoms with Gasteiger partial charge in [0, 0.05) is 35.6 Å². The van der Waals surface area contributed by atoms with Gasteiger partial charge >= 0.3 is 6.09 Å². The number of hydrogen-bond acceptors (Lipinski definition) is 5. The lowest BCUT2D eigenvalue weighted by Gasteiger charge is -2.16. The topological polar surface area (TPSA) is 77.2 Å². The van der Waals surface area contributed by atoms with Gasteiger partial charge in [0.15, 0.2) is 5.76 Å². The van der Waals surface area contributed by atoms with E-state index >= 15 is 0 Å². The Morgan fingerprint density at radius 3 is 2.61 bits per heavy atom. The molecule has 1 aromatic carbocycles. The first-order valence-corrected chi connectivity index (χ1v) is 9.73. The normalized spacial score (nSPS) is 15.0. The average molecular weight is 377 g/mol. The van der Waals surface area contributed by atoms with Crippen molar-refractivity contribution in [2.45, 2.75) is 44.6 Å². The monoisotopic (exact) mass is 377 g/mol. The summed E-state index contributed by atoms with van der Waals surface area (Å²) in [5, 5.41) is 6.74. The molecule has 0 saturated heterocycles. The minimum absolute atomic E-state index is 0.209. The average Bonchev–Trinajstić information content (AvgIpc) is 3.14. The zero-order chi connectivity index (χ0) is 19.2. The van der Waals surface area contributed by atoms with Gasteiger partial charge in [-0.15, -0.1) is 0 Å². The number of carbonyl (C=O) groups is 1. The van der Waals surface area contributed by atoms with Gasteiger partial charge in [0.25, 0.3) is 0 Å². The van der Waals surface area contributed by atoms with Crippen molar-refractivity contribution in [1.29, 1.82) is 0 Å². The van der Waals surface area contributed by atoms with Gasteiger partial charge in [0.2, 0.25) is 0 Å². The Bertz CT molecular complexity index is 916. The summed E-state index contributed by atoms with van der Waals surface area (Å²) in [4.78, 5) is 16.6. The molecule has 1 amide bonds. The zero-order valence-corrected chi connectivity index (χ0v) is 15.6. The lowest BCUT2D eigenvalue weighted by molar-refractivity contribution is 0.194. The van der Waals surface area contributed by atoms with Crippen LogP contribution in [0.1, 0.15) is 38.5 Å². The maximum absolute atomic E-state index is 12.3. The highest BCUT2D eigenvalue weighted by molar-refractivity contribution is 5.73. The van der Waals surface area contributed by atoms with Gasteiger partial charge in [0.05, 0.1) is 6.20 Å². The molecule has 1 aliphatic rings. The fourth-order valence-electron chi connectivity index (χ4n) is 3.56. The van der Waals surface area contributed by atoms with Gasteiger partial charge < -0.3 is 14.6 Å². The molecule has 1 aliphatic carbocycles. The molecule has 28 heavy (non-hydrogen) atoms. The van der Waals surface area contributed by atoms with E-state index in [0.29, 0.717) is 11.5 Å². The van der Waals surface area contributed by atoms with Gasteiger partial charge in [-0.3, -0.25) is 4.98 Å². The number of hydrogen-bond donors (Lipinski definition) is 1. The number of amides is 1. The van der Waals surface area contributed by atoms with E-state index in [1.54, 1.807) is 30.7 Å². The van der Waals surface area contributed by atoms with E-state index in [2.05, 4.69) is 15.5 Å². The SMILES string of the molecule is O=C(NC1CCCCCC1)Oc1cccc(-c2cncc(-c3ccno3)c2)c1. The minimum Gasteiger partial charge on any atom is -0.410 e. The van der Waals surface area contributed by atoms with Gasteiger partial charge in [-0.2, -0.15) is 0 Å². The number of nitrogens with one attached hydrogen (secondary N) is 1. The molecule has 0 atom stereocenters. The van der Waals surface area contributed by atoms with Crippen LogP contribution in [0.25, 0.3) is 22.5 Å². The Morgan fingerprint density at radius 1 is 1.00 bits per heavy atom. The van der Waals surface area contributed by atoms with Crippen molar-refractivity contribution in [2.24, 2.45) is 0 Å². The molecule has 0 spiro atoms. The molecular formula is C22H23N3O3. The Kier molecular flexibility index (Phi) is 5.66. The van der Waals surface area contributed by atoms with E-state index in [0.717, 1.165) is 42.4 Å². The third-order valence-electron chi connectivity index (χ3n) is 5.02. The van der Waals surface area contributed by atoms with E-state index in [4.69, 9.17) is 9.26 Å². The van der Waals surface area contributed by atoms with Crippen LogP contribution in [-0.2, 0) is 0 Å². The van der Waals surface area contributed by atoms with Crippen LogP contribution >= 0.6 is 0 Å². The molecule has 3 aromatic rings. The number of aromatic nitrogens is 2. The third kappa shape index (κ3) is 4.57. The molecule has 1 N–H and O–H groups in total. The Balaban J connectivity index is 1.46. The van der Waals surface area contributed by atoms with Crippen molar-refractivity contribution in [3.05, 3.63) is 55.0 Å². The number of carbonyl (C=O) groups excluding carboxylic acids is 1. The summed E-state index contributed by atoms with van der Waals surface area (Å²) < 4.78 is 10.7. The van der Waals surface area contributed by atoms with E-state index in [9.17, 15) is 4.79 Å². The molecule has 0 aliphatic heterocycles. The molecule has 6 heteroatoms. The Morgan fingerprint density at radius 2 is 1.82 bits per heavy atom. The summed E-state index contributed by atoms with van der Waals surface area (Å²) in [7, 11) is 0. The predicted octanol–water partition coefficient (Wildman–Crippen LogP) is 5.21. The lowest BCUT2D eigenvalue weighted by atomic mass is 10.1. The molecule has 144 valence electrons. The highest BCUT2D eigenvalue weighted by atomic mass is 16.6. The summed E-state index contributed by atoms with van der Waals surface area (Å²) >= 11 is 0. The van der Waals surface area contributed by atoms with Crippen LogP contribution in [-0.4, -0.2) is 22.3 Å². The van der Waals surface area contributed by atoms with Crippen molar-refractivity contribution >= 4 is 6.09 Å². The summed E-state index contributed by atoms with van der Waals surface area (Å²) in [6, 6.07) is 11.4. The summed E-state index contributed by atoms with van der Waals surface area (Å²) in [5.41, 5.74) is 2.66. The number of rotatable bonds is 4. The van der Waals surface area contributed by atoms with Crippen molar-refractivity contribution in [3.8, 4) is 28.2 Å². The Hall–Kier alpha value is -3.15. The van der Waals surface area contributed by atoms with Gasteiger partial charge in [-0.25, -0.2) is 4.79 Å². The molecule has 0 bridgehead atoms. The highest BCUT2D eigenvalue weighted by Gasteiger charge is 2.16. The highest BCUT2D eigenvalue weighted by Crippen LogP contribution is 2.27. The summed E-state index contributed by atoms with van der Waals surface area (Å²) in [6.07, 6.45) is 11.6. The first kappa shape index (κ1) is 18.2. The standard InChI is InChI=1S/C22H23N3O3/c26-22(25-19-7-3-1-2-4-8-19)27-20-9-5-6-16(13-20)17-12-18(15-23-14-17)21-10-11-24-28-21/h5-6,9-15,19H,1-4,7-8H2,(H,25,26). The lowest BCUT2D eigenvalue weighted by Crippen LogP contribution is -2.36. The number of benzene rings is 1. The van der Waals surface area contributed by atoms with Gasteiger partial charge in [0.1, 0.15) is 5.75 Å². The molecule has 2 heterocycles. The van der Waals surface area contributed by atoms with E-state index in [1.807, 2.05) is 24.3 Å². The molecule has 1 saturated carbocycles. The number of pyridine rings is 1. The molecule has 2 aromatic heterocycles. The summed E-state index contributed by atoms with van der Waals surface area (Å²) in [5.74, 6) is 1.17. The zero-order valence-electron chi connectivity index (χ0n) is 15.6. The van der Waals surface area contributed by atoms with Crippen LogP contribution in [0.3, 0.4) is 0 Å². The fraction of sp³-hybridized carbons (Fsp3) is 0.318. The number of nitrogens with zero attached hydrogens (tertiary/aromatic N) is 2. The second-order valence-corrected chi connectivity index (χ2v) is 7.09. The quantitative estimate of drug-likeness (QED) is 0.631. The molecular weight excluding hydrogens is 354 g/mol. The Labute approximate surface area is 163 Å². The van der Waals surface area contributed by atoms with E-state index < -0.39 is 6.09 Å². The smallest absolute Gasteiger partial charge is 0.410 e. The van der Waals surface area contributed by atoms with E-state index in [1.165, 1.54) is 12.8 Å². The second kappa shape index (κ2) is 8.69. The van der Waals surface area contributed by atoms with Crippen LogP contribution < -0.4 is 10.1 Å². The summed E-state index contributed by atoms with van der Waals surface area (Å²) in [6.45, 7) is 0. The molecule has 6 nitrogen and oxygen atoms in total. The maximum atomic E-state index is 12.3. The van der Waals surface area contributed by atoms with Crippen LogP contribution in [0.4, 0.5) is 4.79 Å². The van der Waals surface area contributed by atoms with E-state index in [-0.39, 0.29) is 6.04 Å². The van der Waals surface area contributed by atoms with Crippen LogP contribution in [0, 0.1) is 0 Å². The van der Waals surface area contributed by atoms with Crippen LogP contribution in [0.5, 0.6) is 5.75 Å². The molecule has 0 radical (unpaired) electrons. The van der Waals surface area contributed by atoms with Crippen molar-refractivity contribution in [2.75, 3.05) is 0 Å².